The van der Waals surface area contributed by atoms with Gasteiger partial charge >= 0.3 is 0 Å². The fourth-order valence-corrected chi connectivity index (χ4v) is 2.61. The zero-order chi connectivity index (χ0) is 13.5. The summed E-state index contributed by atoms with van der Waals surface area (Å²) in [5.74, 6) is 0. The van der Waals surface area contributed by atoms with Crippen molar-refractivity contribution in [1.29, 1.82) is 0 Å². The van der Waals surface area contributed by atoms with Crippen LogP contribution in [0.15, 0.2) is 24.3 Å². The maximum atomic E-state index is 5.48. The largest absolute Gasteiger partial charge is 0.380 e. The summed E-state index contributed by atoms with van der Waals surface area (Å²) in [5, 5.41) is 3.58. The number of para-hydroxylation sites is 2. The molecule has 2 rings (SSSR count). The molecule has 0 aliphatic carbocycles. The fourth-order valence-electron chi connectivity index (χ4n) is 2.61. The highest BCUT2D eigenvalue weighted by Gasteiger charge is 2.14. The van der Waals surface area contributed by atoms with Gasteiger partial charge in [-0.25, -0.2) is 0 Å². The van der Waals surface area contributed by atoms with Crippen molar-refractivity contribution in [2.75, 3.05) is 36.5 Å². The predicted molar refractivity (Wildman–Crippen MR) is 82.1 cm³/mol. The molecule has 1 aromatic rings. The summed E-state index contributed by atoms with van der Waals surface area (Å²) >= 11 is 0. The monoisotopic (exact) mass is 262 g/mol. The van der Waals surface area contributed by atoms with E-state index in [0.29, 0.717) is 6.04 Å². The van der Waals surface area contributed by atoms with Crippen molar-refractivity contribution in [3.05, 3.63) is 24.3 Å². The minimum Gasteiger partial charge on any atom is -0.380 e. The van der Waals surface area contributed by atoms with Crippen molar-refractivity contribution < 1.29 is 4.74 Å². The van der Waals surface area contributed by atoms with Crippen molar-refractivity contribution in [2.45, 2.75) is 39.2 Å². The van der Waals surface area contributed by atoms with Gasteiger partial charge in [0.25, 0.3) is 0 Å². The Morgan fingerprint density at radius 3 is 2.68 bits per heavy atom. The molecule has 1 fully saturated rings. The number of anilines is 2. The average molecular weight is 262 g/mol. The molecule has 0 bridgehead atoms. The van der Waals surface area contributed by atoms with E-state index >= 15 is 0 Å². The van der Waals surface area contributed by atoms with Crippen LogP contribution in [0, 0.1) is 0 Å². The standard InChI is InChI=1S/C16H26N2O/c1-3-19-13-14(2)17-15-9-5-6-10-16(15)18-11-7-4-8-12-18/h5-6,9-10,14,17H,3-4,7-8,11-13H2,1-2H3. The molecule has 1 unspecified atom stereocenters. The third-order valence-electron chi connectivity index (χ3n) is 3.57. The highest BCUT2D eigenvalue weighted by Crippen LogP contribution is 2.28. The summed E-state index contributed by atoms with van der Waals surface area (Å²) in [6.45, 7) is 8.10. The maximum absolute atomic E-state index is 5.48. The summed E-state index contributed by atoms with van der Waals surface area (Å²) < 4.78 is 5.48. The quantitative estimate of drug-likeness (QED) is 0.849. The van der Waals surface area contributed by atoms with Gasteiger partial charge in [0, 0.05) is 25.7 Å². The highest BCUT2D eigenvalue weighted by atomic mass is 16.5. The molecule has 1 heterocycles. The van der Waals surface area contributed by atoms with Crippen LogP contribution in [0.1, 0.15) is 33.1 Å². The van der Waals surface area contributed by atoms with E-state index in [0.717, 1.165) is 13.2 Å². The Kier molecular flexibility index (Phi) is 5.52. The molecular weight excluding hydrogens is 236 g/mol. The van der Waals surface area contributed by atoms with Gasteiger partial charge in [-0.1, -0.05) is 12.1 Å². The molecule has 0 saturated carbocycles. The molecule has 1 atom stereocenters. The van der Waals surface area contributed by atoms with Gasteiger partial charge in [-0.3, -0.25) is 0 Å². The number of piperidine rings is 1. The lowest BCUT2D eigenvalue weighted by molar-refractivity contribution is 0.141. The smallest absolute Gasteiger partial charge is 0.0664 e. The van der Waals surface area contributed by atoms with Gasteiger partial charge in [-0.2, -0.15) is 0 Å². The maximum Gasteiger partial charge on any atom is 0.0664 e. The lowest BCUT2D eigenvalue weighted by Crippen LogP contribution is -2.31. The summed E-state index contributed by atoms with van der Waals surface area (Å²) in [5.41, 5.74) is 2.57. The Labute approximate surface area is 116 Å². The Balaban J connectivity index is 2.02. The van der Waals surface area contributed by atoms with E-state index < -0.39 is 0 Å². The van der Waals surface area contributed by atoms with Gasteiger partial charge < -0.3 is 15.0 Å². The summed E-state index contributed by atoms with van der Waals surface area (Å²) in [4.78, 5) is 2.50. The van der Waals surface area contributed by atoms with Crippen LogP contribution in [0.5, 0.6) is 0 Å². The van der Waals surface area contributed by atoms with Gasteiger partial charge in [0.2, 0.25) is 0 Å². The lowest BCUT2D eigenvalue weighted by atomic mass is 10.1. The van der Waals surface area contributed by atoms with E-state index in [1.807, 2.05) is 6.92 Å². The van der Waals surface area contributed by atoms with Crippen LogP contribution in [-0.4, -0.2) is 32.3 Å². The second-order valence-electron chi connectivity index (χ2n) is 5.27. The Bertz CT molecular complexity index is 375. The van der Waals surface area contributed by atoms with Crippen LogP contribution < -0.4 is 10.2 Å². The molecule has 1 saturated heterocycles. The van der Waals surface area contributed by atoms with Gasteiger partial charge in [-0.15, -0.1) is 0 Å². The number of rotatable bonds is 6. The van der Waals surface area contributed by atoms with Crippen molar-refractivity contribution in [3.63, 3.8) is 0 Å². The average Bonchev–Trinajstić information content (AvgIpc) is 2.46. The van der Waals surface area contributed by atoms with Gasteiger partial charge in [0.05, 0.1) is 18.0 Å². The first kappa shape index (κ1) is 14.2. The Morgan fingerprint density at radius 1 is 1.21 bits per heavy atom. The first-order valence-corrected chi connectivity index (χ1v) is 7.49. The molecule has 0 amide bonds. The van der Waals surface area contributed by atoms with Crippen molar-refractivity contribution >= 4 is 11.4 Å². The summed E-state index contributed by atoms with van der Waals surface area (Å²) in [6, 6.07) is 8.96. The van der Waals surface area contributed by atoms with Crippen LogP contribution in [0.2, 0.25) is 0 Å². The number of nitrogens with one attached hydrogen (secondary N) is 1. The molecule has 3 heteroatoms. The third kappa shape index (κ3) is 4.13. The minimum atomic E-state index is 0.339. The number of ether oxygens (including phenoxy) is 1. The van der Waals surface area contributed by atoms with Crippen molar-refractivity contribution in [1.82, 2.24) is 0 Å². The lowest BCUT2D eigenvalue weighted by Gasteiger charge is -2.31. The fraction of sp³-hybridized carbons (Fsp3) is 0.625. The first-order chi connectivity index (χ1) is 9.31. The third-order valence-corrected chi connectivity index (χ3v) is 3.57. The second kappa shape index (κ2) is 7.39. The second-order valence-corrected chi connectivity index (χ2v) is 5.27. The van der Waals surface area contributed by atoms with Gasteiger partial charge in [-0.05, 0) is 45.2 Å². The molecule has 1 N–H and O–H groups in total. The van der Waals surface area contributed by atoms with Crippen molar-refractivity contribution in [2.24, 2.45) is 0 Å². The topological polar surface area (TPSA) is 24.5 Å². The molecule has 106 valence electrons. The number of hydrogen-bond donors (Lipinski definition) is 1. The van der Waals surface area contributed by atoms with E-state index in [9.17, 15) is 0 Å². The van der Waals surface area contributed by atoms with Crippen LogP contribution in [0.25, 0.3) is 0 Å². The number of hydrogen-bond acceptors (Lipinski definition) is 3. The normalized spacial score (nSPS) is 17.3. The first-order valence-electron chi connectivity index (χ1n) is 7.49. The minimum absolute atomic E-state index is 0.339. The molecular formula is C16H26N2O. The van der Waals surface area contributed by atoms with Crippen LogP contribution in [0.4, 0.5) is 11.4 Å². The zero-order valence-electron chi connectivity index (χ0n) is 12.2. The van der Waals surface area contributed by atoms with E-state index in [4.69, 9.17) is 4.74 Å². The van der Waals surface area contributed by atoms with Gasteiger partial charge in [0.1, 0.15) is 0 Å². The van der Waals surface area contributed by atoms with E-state index in [1.165, 1.54) is 43.7 Å². The van der Waals surface area contributed by atoms with Crippen LogP contribution in [-0.2, 0) is 4.74 Å². The summed E-state index contributed by atoms with van der Waals surface area (Å²) in [6.07, 6.45) is 3.98. The van der Waals surface area contributed by atoms with E-state index in [-0.39, 0.29) is 0 Å². The highest BCUT2D eigenvalue weighted by molar-refractivity contribution is 5.70. The molecule has 0 aromatic heterocycles. The number of nitrogens with zero attached hydrogens (tertiary/aromatic N) is 1. The Hall–Kier alpha value is -1.22. The molecule has 0 spiro atoms. The summed E-state index contributed by atoms with van der Waals surface area (Å²) in [7, 11) is 0. The molecule has 3 nitrogen and oxygen atoms in total. The zero-order valence-corrected chi connectivity index (χ0v) is 12.2. The molecule has 19 heavy (non-hydrogen) atoms. The molecule has 0 radical (unpaired) electrons. The molecule has 1 aliphatic rings. The Morgan fingerprint density at radius 2 is 1.95 bits per heavy atom. The van der Waals surface area contributed by atoms with Gasteiger partial charge in [0.15, 0.2) is 0 Å². The molecule has 1 aliphatic heterocycles. The SMILES string of the molecule is CCOCC(C)Nc1ccccc1N1CCCCC1. The molecule has 1 aromatic carbocycles. The van der Waals surface area contributed by atoms with Crippen molar-refractivity contribution in [3.8, 4) is 0 Å². The predicted octanol–water partition coefficient (Wildman–Crippen LogP) is 3.51. The van der Waals surface area contributed by atoms with Crippen LogP contribution in [0.3, 0.4) is 0 Å². The number of benzene rings is 1. The van der Waals surface area contributed by atoms with E-state index in [2.05, 4.69) is 41.4 Å². The van der Waals surface area contributed by atoms with Crippen LogP contribution >= 0.6 is 0 Å². The van der Waals surface area contributed by atoms with E-state index in [1.54, 1.807) is 0 Å².